The number of halogens is 1. The van der Waals surface area contributed by atoms with E-state index in [9.17, 15) is 4.79 Å². The first-order valence-electron chi connectivity index (χ1n) is 11.2. The van der Waals surface area contributed by atoms with Gasteiger partial charge in [0.15, 0.2) is 5.96 Å². The Morgan fingerprint density at radius 3 is 2.90 bits per heavy atom. The van der Waals surface area contributed by atoms with E-state index in [1.807, 2.05) is 6.92 Å². The van der Waals surface area contributed by atoms with Crippen molar-refractivity contribution >= 4 is 47.2 Å². The van der Waals surface area contributed by atoms with Crippen LogP contribution in [0.4, 0.5) is 0 Å². The van der Waals surface area contributed by atoms with Crippen LogP contribution in [0, 0.1) is 5.92 Å². The molecule has 3 atom stereocenters. The third-order valence-corrected chi connectivity index (χ3v) is 6.65. The Balaban J connectivity index is 0.00000341. The summed E-state index contributed by atoms with van der Waals surface area (Å²) in [5.41, 5.74) is 0. The van der Waals surface area contributed by atoms with Crippen LogP contribution in [0.3, 0.4) is 0 Å². The molecule has 1 aromatic rings. The minimum Gasteiger partial charge on any atom is -0.466 e. The van der Waals surface area contributed by atoms with Gasteiger partial charge in [0.1, 0.15) is 0 Å². The number of ether oxygens (including phenoxy) is 2. The molecule has 0 bridgehead atoms. The Hall–Kier alpha value is -0.910. The molecule has 2 aliphatic rings. The molecule has 1 aromatic heterocycles. The zero-order valence-electron chi connectivity index (χ0n) is 18.9. The molecule has 0 amide bonds. The zero-order valence-corrected chi connectivity index (χ0v) is 22.1. The number of carbonyl (C=O) groups is 1. The fraction of sp³-hybridized carbons (Fsp3) is 0.727. The van der Waals surface area contributed by atoms with Crippen molar-refractivity contribution in [1.82, 2.24) is 15.1 Å². The maximum Gasteiger partial charge on any atom is 0.310 e. The average Bonchev–Trinajstić information content (AvgIpc) is 3.28. The van der Waals surface area contributed by atoms with Crippen LogP contribution in [0.15, 0.2) is 22.5 Å². The summed E-state index contributed by atoms with van der Waals surface area (Å²) in [7, 11) is 0. The molecule has 2 saturated heterocycles. The van der Waals surface area contributed by atoms with Crippen LogP contribution in [-0.4, -0.2) is 80.3 Å². The van der Waals surface area contributed by atoms with E-state index >= 15 is 0 Å². The number of esters is 1. The second kappa shape index (κ2) is 13.6. The normalized spacial score (nSPS) is 23.7. The molecule has 176 valence electrons. The molecule has 0 saturated carbocycles. The van der Waals surface area contributed by atoms with Crippen LogP contribution in [-0.2, 0) is 14.3 Å². The van der Waals surface area contributed by atoms with E-state index < -0.39 is 0 Å². The summed E-state index contributed by atoms with van der Waals surface area (Å²) in [6.07, 6.45) is 2.10. The highest BCUT2D eigenvalue weighted by molar-refractivity contribution is 14.0. The quantitative estimate of drug-likeness (QED) is 0.237. The van der Waals surface area contributed by atoms with Gasteiger partial charge in [0.2, 0.25) is 0 Å². The maximum atomic E-state index is 12.3. The van der Waals surface area contributed by atoms with Gasteiger partial charge in [-0.3, -0.25) is 14.7 Å². The van der Waals surface area contributed by atoms with Crippen LogP contribution < -0.4 is 5.32 Å². The summed E-state index contributed by atoms with van der Waals surface area (Å²) in [4.78, 5) is 23.3. The van der Waals surface area contributed by atoms with Gasteiger partial charge in [0.05, 0.1) is 37.8 Å². The Kier molecular flexibility index (Phi) is 11.6. The smallest absolute Gasteiger partial charge is 0.310 e. The van der Waals surface area contributed by atoms with Gasteiger partial charge in [-0.2, -0.15) is 0 Å². The van der Waals surface area contributed by atoms with Crippen molar-refractivity contribution in [2.75, 3.05) is 52.5 Å². The van der Waals surface area contributed by atoms with Gasteiger partial charge in [0, 0.05) is 37.6 Å². The van der Waals surface area contributed by atoms with Crippen molar-refractivity contribution in [2.45, 2.75) is 45.8 Å². The number of piperidine rings is 1. The summed E-state index contributed by atoms with van der Waals surface area (Å²) in [6.45, 7) is 12.2. The number of nitrogens with zero attached hydrogens (tertiary/aromatic N) is 3. The van der Waals surface area contributed by atoms with Crippen molar-refractivity contribution in [1.29, 1.82) is 0 Å². The molecule has 3 rings (SSSR count). The zero-order chi connectivity index (χ0) is 21.3. The number of hydrogen-bond donors (Lipinski definition) is 1. The van der Waals surface area contributed by atoms with Gasteiger partial charge in [-0.25, -0.2) is 0 Å². The molecule has 2 fully saturated rings. The van der Waals surface area contributed by atoms with Gasteiger partial charge in [0.25, 0.3) is 0 Å². The fourth-order valence-electron chi connectivity index (χ4n) is 4.22. The molecule has 7 nitrogen and oxygen atoms in total. The summed E-state index contributed by atoms with van der Waals surface area (Å²) in [5.74, 6) is 0.738. The second-order valence-corrected chi connectivity index (χ2v) is 8.92. The number of thiophene rings is 1. The standard InChI is InChI=1S/C22H36N4O3S.HI/c1-4-23-22(26-10-6-8-18(16-26)21(27)28-5-2)24-14-19(20-9-7-13-30-20)25-11-12-29-17(3)15-25;/h7,9,13,17-19H,4-6,8,10-12,14-16H2,1-3H3,(H,23,24);1H/t17?,18-,19?;/m1./s1. The van der Waals surface area contributed by atoms with Crippen LogP contribution in [0.25, 0.3) is 0 Å². The maximum absolute atomic E-state index is 12.3. The molecule has 9 heteroatoms. The lowest BCUT2D eigenvalue weighted by molar-refractivity contribution is -0.149. The molecular formula is C22H37IN4O3S. The molecule has 2 unspecified atom stereocenters. The fourth-order valence-corrected chi connectivity index (χ4v) is 5.07. The van der Waals surface area contributed by atoms with Gasteiger partial charge >= 0.3 is 5.97 Å². The minimum atomic E-state index is -0.0863. The number of aliphatic imine (C=N–C) groups is 1. The number of guanidine groups is 1. The Labute approximate surface area is 207 Å². The molecule has 2 aliphatic heterocycles. The molecule has 0 aromatic carbocycles. The summed E-state index contributed by atoms with van der Waals surface area (Å²) < 4.78 is 11.0. The first-order chi connectivity index (χ1) is 14.6. The molecule has 0 aliphatic carbocycles. The molecule has 1 N–H and O–H groups in total. The van der Waals surface area contributed by atoms with Gasteiger partial charge in [-0.05, 0) is 45.1 Å². The van der Waals surface area contributed by atoms with E-state index in [1.165, 1.54) is 4.88 Å². The summed E-state index contributed by atoms with van der Waals surface area (Å²) in [5, 5.41) is 5.57. The van der Waals surface area contributed by atoms with Crippen LogP contribution in [0.2, 0.25) is 0 Å². The average molecular weight is 565 g/mol. The number of morpholine rings is 1. The van der Waals surface area contributed by atoms with E-state index in [2.05, 4.69) is 46.5 Å². The summed E-state index contributed by atoms with van der Waals surface area (Å²) in [6, 6.07) is 4.56. The lowest BCUT2D eigenvalue weighted by Crippen LogP contribution is -2.49. The van der Waals surface area contributed by atoms with E-state index in [4.69, 9.17) is 14.5 Å². The highest BCUT2D eigenvalue weighted by Gasteiger charge is 2.30. The third kappa shape index (κ3) is 7.57. The van der Waals surface area contributed by atoms with Crippen molar-refractivity contribution in [3.63, 3.8) is 0 Å². The van der Waals surface area contributed by atoms with Gasteiger partial charge < -0.3 is 19.7 Å². The lowest BCUT2D eigenvalue weighted by atomic mass is 9.98. The number of nitrogens with one attached hydrogen (secondary N) is 1. The molecule has 31 heavy (non-hydrogen) atoms. The van der Waals surface area contributed by atoms with E-state index in [0.29, 0.717) is 19.7 Å². The van der Waals surface area contributed by atoms with Crippen molar-refractivity contribution in [2.24, 2.45) is 10.9 Å². The Bertz CT molecular complexity index is 688. The number of rotatable bonds is 7. The van der Waals surface area contributed by atoms with Crippen LogP contribution in [0.5, 0.6) is 0 Å². The predicted octanol–water partition coefficient (Wildman–Crippen LogP) is 3.37. The Morgan fingerprint density at radius 2 is 2.23 bits per heavy atom. The third-order valence-electron chi connectivity index (χ3n) is 5.67. The van der Waals surface area contributed by atoms with Crippen LogP contribution in [0.1, 0.15) is 44.5 Å². The Morgan fingerprint density at radius 1 is 1.39 bits per heavy atom. The molecule has 0 spiro atoms. The molecule has 3 heterocycles. The van der Waals surface area contributed by atoms with Gasteiger partial charge in [-0.15, -0.1) is 35.3 Å². The lowest BCUT2D eigenvalue weighted by Gasteiger charge is -2.37. The van der Waals surface area contributed by atoms with Crippen LogP contribution >= 0.6 is 35.3 Å². The monoisotopic (exact) mass is 564 g/mol. The molecule has 0 radical (unpaired) electrons. The SMILES string of the molecule is CCNC(=NCC(c1cccs1)N1CCOC(C)C1)N1CCC[C@@H](C(=O)OCC)C1.I. The first-order valence-corrected chi connectivity index (χ1v) is 12.1. The number of carbonyl (C=O) groups excluding carboxylic acids is 1. The van der Waals surface area contributed by atoms with Crippen molar-refractivity contribution in [3.8, 4) is 0 Å². The molecular weight excluding hydrogens is 527 g/mol. The minimum absolute atomic E-state index is 0. The van der Waals surface area contributed by atoms with Crippen molar-refractivity contribution < 1.29 is 14.3 Å². The largest absolute Gasteiger partial charge is 0.466 e. The number of likely N-dealkylation sites (tertiary alicyclic amines) is 1. The second-order valence-electron chi connectivity index (χ2n) is 7.94. The van der Waals surface area contributed by atoms with E-state index in [1.54, 1.807) is 11.3 Å². The number of hydrogen-bond acceptors (Lipinski definition) is 6. The van der Waals surface area contributed by atoms with E-state index in [0.717, 1.165) is 51.6 Å². The summed E-state index contributed by atoms with van der Waals surface area (Å²) >= 11 is 1.79. The topological polar surface area (TPSA) is 66.4 Å². The highest BCUT2D eigenvalue weighted by atomic mass is 127. The highest BCUT2D eigenvalue weighted by Crippen LogP contribution is 2.27. The van der Waals surface area contributed by atoms with Gasteiger partial charge in [-0.1, -0.05) is 6.07 Å². The van der Waals surface area contributed by atoms with E-state index in [-0.39, 0.29) is 48.0 Å². The predicted molar refractivity (Wildman–Crippen MR) is 136 cm³/mol. The first kappa shape index (κ1) is 26.3. The van der Waals surface area contributed by atoms with Crippen molar-refractivity contribution in [3.05, 3.63) is 22.4 Å².